The highest BCUT2D eigenvalue weighted by Gasteiger charge is 2.13. The molecule has 0 aliphatic rings. The van der Waals surface area contributed by atoms with Gasteiger partial charge in [0.15, 0.2) is 5.69 Å². The normalized spacial score (nSPS) is 10.0. The molecule has 1 aromatic carbocycles. The van der Waals surface area contributed by atoms with E-state index in [4.69, 9.17) is 5.26 Å². The van der Waals surface area contributed by atoms with Gasteiger partial charge in [-0.25, -0.2) is 10.1 Å². The molecule has 8 heteroatoms. The molecule has 0 radical (unpaired) electrons. The highest BCUT2D eigenvalue weighted by atomic mass is 16.2. The van der Waals surface area contributed by atoms with E-state index in [1.807, 2.05) is 6.07 Å². The average Bonchev–Trinajstić information content (AvgIpc) is 2.60. The second-order valence-electron chi connectivity index (χ2n) is 4.57. The maximum Gasteiger partial charge on any atom is 0.290 e. The van der Waals surface area contributed by atoms with Crippen LogP contribution in [0.1, 0.15) is 16.1 Å². The first-order chi connectivity index (χ1) is 11.2. The van der Waals surface area contributed by atoms with Crippen LogP contribution in [0.25, 0.3) is 10.8 Å². The second kappa shape index (κ2) is 5.95. The number of H-pyrrole nitrogens is 1. The zero-order valence-corrected chi connectivity index (χ0v) is 11.7. The molecule has 0 unspecified atom stereocenters. The molecule has 1 amide bonds. The van der Waals surface area contributed by atoms with E-state index in [-0.39, 0.29) is 11.3 Å². The van der Waals surface area contributed by atoms with Crippen molar-refractivity contribution in [2.24, 2.45) is 0 Å². The number of nitriles is 1. The molecule has 8 nitrogen and oxygen atoms in total. The van der Waals surface area contributed by atoms with E-state index in [9.17, 15) is 9.59 Å². The van der Waals surface area contributed by atoms with Gasteiger partial charge >= 0.3 is 0 Å². The van der Waals surface area contributed by atoms with E-state index in [0.29, 0.717) is 22.2 Å². The third-order valence-electron chi connectivity index (χ3n) is 3.11. The van der Waals surface area contributed by atoms with Crippen LogP contribution >= 0.6 is 0 Å². The number of rotatable bonds is 3. The van der Waals surface area contributed by atoms with Gasteiger partial charge in [-0.2, -0.15) is 10.4 Å². The smallest absolute Gasteiger partial charge is 0.282 e. The fraction of sp³-hybridized carbons (Fsp3) is 0. The lowest BCUT2D eigenvalue weighted by atomic mass is 10.1. The summed E-state index contributed by atoms with van der Waals surface area (Å²) < 4.78 is 0. The molecule has 0 aliphatic heterocycles. The number of fused-ring (bicyclic) bond motifs is 1. The van der Waals surface area contributed by atoms with Crippen LogP contribution in [0.15, 0.2) is 47.4 Å². The van der Waals surface area contributed by atoms with Gasteiger partial charge in [-0.15, -0.1) is 0 Å². The summed E-state index contributed by atoms with van der Waals surface area (Å²) in [7, 11) is 0. The molecule has 112 valence electrons. The highest BCUT2D eigenvalue weighted by molar-refractivity contribution is 6.05. The van der Waals surface area contributed by atoms with Crippen molar-refractivity contribution in [1.29, 1.82) is 5.26 Å². The fourth-order valence-corrected chi connectivity index (χ4v) is 2.00. The van der Waals surface area contributed by atoms with Gasteiger partial charge in [0.05, 0.1) is 10.9 Å². The van der Waals surface area contributed by atoms with Crippen molar-refractivity contribution in [1.82, 2.24) is 20.6 Å². The van der Waals surface area contributed by atoms with Gasteiger partial charge in [-0.05, 0) is 18.2 Å². The molecule has 3 N–H and O–H groups in total. The van der Waals surface area contributed by atoms with Crippen molar-refractivity contribution < 1.29 is 4.79 Å². The minimum atomic E-state index is -0.524. The first-order valence-electron chi connectivity index (χ1n) is 6.59. The van der Waals surface area contributed by atoms with E-state index in [2.05, 4.69) is 26.0 Å². The highest BCUT2D eigenvalue weighted by Crippen LogP contribution is 2.12. The summed E-state index contributed by atoms with van der Waals surface area (Å²) in [5.41, 5.74) is 5.20. The lowest BCUT2D eigenvalue weighted by molar-refractivity contribution is 0.0958. The Balaban J connectivity index is 1.82. The number of nitrogens with zero attached hydrogens (tertiary/aromatic N) is 3. The summed E-state index contributed by atoms with van der Waals surface area (Å²) in [5, 5.41) is 15.6. The average molecular weight is 306 g/mol. The Labute approximate surface area is 129 Å². The van der Waals surface area contributed by atoms with Crippen molar-refractivity contribution in [2.75, 3.05) is 5.43 Å². The number of aromatic nitrogens is 3. The van der Waals surface area contributed by atoms with Crippen LogP contribution in [0.3, 0.4) is 0 Å². The molecule has 0 spiro atoms. The largest absolute Gasteiger partial charge is 0.290 e. The van der Waals surface area contributed by atoms with Crippen LogP contribution in [0.5, 0.6) is 0 Å². The molecule has 3 aromatic rings. The molecular formula is C15H10N6O2. The van der Waals surface area contributed by atoms with Crippen LogP contribution < -0.4 is 16.4 Å². The number of carbonyl (C=O) groups is 1. The van der Waals surface area contributed by atoms with E-state index in [1.165, 1.54) is 6.20 Å². The zero-order valence-electron chi connectivity index (χ0n) is 11.7. The Kier molecular flexibility index (Phi) is 3.68. The van der Waals surface area contributed by atoms with Crippen molar-refractivity contribution in [2.45, 2.75) is 0 Å². The third kappa shape index (κ3) is 2.84. The Morgan fingerprint density at radius 2 is 1.96 bits per heavy atom. The maximum atomic E-state index is 12.2. The van der Waals surface area contributed by atoms with Gasteiger partial charge in [0.1, 0.15) is 11.9 Å². The molecule has 2 aromatic heterocycles. The van der Waals surface area contributed by atoms with Crippen LogP contribution in [0.4, 0.5) is 5.82 Å². The number of anilines is 1. The van der Waals surface area contributed by atoms with Crippen LogP contribution in [-0.4, -0.2) is 21.1 Å². The summed E-state index contributed by atoms with van der Waals surface area (Å²) in [6.07, 6.45) is 1.38. The van der Waals surface area contributed by atoms with Gasteiger partial charge < -0.3 is 0 Å². The standard InChI is InChI=1S/C15H10N6O2/c16-7-9-5-6-12(17-8-9)18-21-15(23)13-10-3-1-2-4-11(10)14(22)20-19-13/h1-6,8H,(H,17,18)(H,20,22)(H,21,23). The zero-order chi connectivity index (χ0) is 16.2. The number of hydrogen-bond acceptors (Lipinski definition) is 6. The maximum absolute atomic E-state index is 12.2. The molecule has 3 rings (SSSR count). The second-order valence-corrected chi connectivity index (χ2v) is 4.57. The van der Waals surface area contributed by atoms with Crippen molar-refractivity contribution in [3.05, 3.63) is 64.2 Å². The van der Waals surface area contributed by atoms with Gasteiger partial charge in [-0.3, -0.25) is 20.4 Å². The van der Waals surface area contributed by atoms with Gasteiger partial charge in [-0.1, -0.05) is 18.2 Å². The summed E-state index contributed by atoms with van der Waals surface area (Å²) in [5.74, 6) is -0.158. The minimum Gasteiger partial charge on any atom is -0.282 e. The van der Waals surface area contributed by atoms with E-state index < -0.39 is 5.91 Å². The number of benzene rings is 1. The van der Waals surface area contributed by atoms with Crippen molar-refractivity contribution in [3.8, 4) is 6.07 Å². The molecular weight excluding hydrogens is 296 g/mol. The summed E-state index contributed by atoms with van der Waals surface area (Å²) in [6, 6.07) is 11.7. The van der Waals surface area contributed by atoms with Crippen LogP contribution in [0, 0.1) is 11.3 Å². The number of nitrogens with one attached hydrogen (secondary N) is 3. The number of hydrazine groups is 1. The molecule has 2 heterocycles. The monoisotopic (exact) mass is 306 g/mol. The third-order valence-corrected chi connectivity index (χ3v) is 3.11. The SMILES string of the molecule is N#Cc1ccc(NNC(=O)c2n[nH]c(=O)c3ccccc23)nc1. The number of amides is 1. The Bertz CT molecular complexity index is 972. The quantitative estimate of drug-likeness (QED) is 0.619. The van der Waals surface area contributed by atoms with E-state index >= 15 is 0 Å². The van der Waals surface area contributed by atoms with E-state index in [0.717, 1.165) is 0 Å². The lowest BCUT2D eigenvalue weighted by Crippen LogP contribution is -2.31. The molecule has 23 heavy (non-hydrogen) atoms. The number of hydrogen-bond donors (Lipinski definition) is 3. The topological polar surface area (TPSA) is 124 Å². The lowest BCUT2D eigenvalue weighted by Gasteiger charge is -2.08. The van der Waals surface area contributed by atoms with Crippen LogP contribution in [0.2, 0.25) is 0 Å². The first-order valence-corrected chi connectivity index (χ1v) is 6.59. The van der Waals surface area contributed by atoms with Crippen LogP contribution in [-0.2, 0) is 0 Å². The van der Waals surface area contributed by atoms with Crippen molar-refractivity contribution in [3.63, 3.8) is 0 Å². The number of pyridine rings is 1. The number of carbonyl (C=O) groups excluding carboxylic acids is 1. The fourth-order valence-electron chi connectivity index (χ4n) is 2.00. The van der Waals surface area contributed by atoms with Crippen molar-refractivity contribution >= 4 is 22.5 Å². The molecule has 0 saturated carbocycles. The first kappa shape index (κ1) is 14.2. The predicted molar refractivity (Wildman–Crippen MR) is 82.4 cm³/mol. The van der Waals surface area contributed by atoms with Gasteiger partial charge in [0.25, 0.3) is 11.5 Å². The number of aromatic amines is 1. The molecule has 0 aliphatic carbocycles. The molecule has 0 atom stereocenters. The summed E-state index contributed by atoms with van der Waals surface area (Å²) in [4.78, 5) is 27.9. The molecule has 0 fully saturated rings. The van der Waals surface area contributed by atoms with Gasteiger partial charge in [0.2, 0.25) is 0 Å². The van der Waals surface area contributed by atoms with Gasteiger partial charge in [0, 0.05) is 11.6 Å². The summed E-state index contributed by atoms with van der Waals surface area (Å²) >= 11 is 0. The molecule has 0 saturated heterocycles. The Morgan fingerprint density at radius 1 is 1.17 bits per heavy atom. The Hall–Kier alpha value is -3.73. The molecule has 0 bridgehead atoms. The predicted octanol–water partition coefficient (Wildman–Crippen LogP) is 0.947. The summed E-state index contributed by atoms with van der Waals surface area (Å²) in [6.45, 7) is 0. The minimum absolute atomic E-state index is 0.0846. The Morgan fingerprint density at radius 3 is 2.65 bits per heavy atom. The van der Waals surface area contributed by atoms with E-state index in [1.54, 1.807) is 36.4 Å².